The normalized spacial score (nSPS) is 17.6. The SMILES string of the molecule is CCc1ccc(B(OCC2CCCN2)c2ccccc2)cc1. The Morgan fingerprint density at radius 2 is 1.77 bits per heavy atom. The summed E-state index contributed by atoms with van der Waals surface area (Å²) in [6.45, 7) is 4.10. The van der Waals surface area contributed by atoms with Crippen LogP contribution in [0, 0.1) is 0 Å². The van der Waals surface area contributed by atoms with Gasteiger partial charge in [-0.1, -0.05) is 61.5 Å². The van der Waals surface area contributed by atoms with Gasteiger partial charge < -0.3 is 9.97 Å². The molecule has 0 spiro atoms. The van der Waals surface area contributed by atoms with Crippen molar-refractivity contribution >= 4 is 17.8 Å². The highest BCUT2D eigenvalue weighted by Crippen LogP contribution is 2.06. The molecular weight excluding hydrogens is 269 g/mol. The average Bonchev–Trinajstić information content (AvgIpc) is 3.10. The molecule has 22 heavy (non-hydrogen) atoms. The molecule has 2 nitrogen and oxygen atoms in total. The molecule has 2 aromatic rings. The van der Waals surface area contributed by atoms with E-state index >= 15 is 0 Å². The molecule has 0 bridgehead atoms. The van der Waals surface area contributed by atoms with E-state index in [9.17, 15) is 0 Å². The van der Waals surface area contributed by atoms with Crippen LogP contribution in [0.15, 0.2) is 54.6 Å². The third-order valence-electron chi connectivity index (χ3n) is 4.42. The fraction of sp³-hybridized carbons (Fsp3) is 0.368. The molecule has 1 fully saturated rings. The number of hydrogen-bond acceptors (Lipinski definition) is 2. The Balaban J connectivity index is 1.78. The maximum Gasteiger partial charge on any atom is 0.361 e. The maximum atomic E-state index is 6.31. The van der Waals surface area contributed by atoms with Crippen LogP contribution in [0.4, 0.5) is 0 Å². The van der Waals surface area contributed by atoms with Gasteiger partial charge in [-0.3, -0.25) is 0 Å². The molecule has 1 unspecified atom stereocenters. The predicted octanol–water partition coefficient (Wildman–Crippen LogP) is 2.12. The van der Waals surface area contributed by atoms with E-state index in [2.05, 4.69) is 66.8 Å². The first-order chi connectivity index (χ1) is 10.9. The Hall–Kier alpha value is -1.58. The fourth-order valence-corrected chi connectivity index (χ4v) is 3.05. The van der Waals surface area contributed by atoms with Crippen molar-refractivity contribution in [3.05, 3.63) is 60.2 Å². The van der Waals surface area contributed by atoms with E-state index in [1.807, 2.05) is 0 Å². The van der Waals surface area contributed by atoms with Gasteiger partial charge in [0.05, 0.1) is 0 Å². The van der Waals surface area contributed by atoms with Crippen LogP contribution in [-0.2, 0) is 11.1 Å². The van der Waals surface area contributed by atoms with E-state index in [1.165, 1.54) is 29.3 Å². The van der Waals surface area contributed by atoms with Crippen molar-refractivity contribution in [3.63, 3.8) is 0 Å². The lowest BCUT2D eigenvalue weighted by Gasteiger charge is -2.18. The standard InChI is InChI=1S/C19H24BNO/c1-2-16-10-12-18(13-11-16)20(17-7-4-3-5-8-17)22-15-19-9-6-14-21-19/h3-5,7-8,10-13,19,21H,2,6,9,14-15H2,1H3. The van der Waals surface area contributed by atoms with Gasteiger partial charge >= 0.3 is 6.92 Å². The first-order valence-corrected chi connectivity index (χ1v) is 8.35. The van der Waals surface area contributed by atoms with Gasteiger partial charge in [0, 0.05) is 12.6 Å². The third kappa shape index (κ3) is 3.79. The fourth-order valence-electron chi connectivity index (χ4n) is 3.05. The summed E-state index contributed by atoms with van der Waals surface area (Å²) in [5, 5.41) is 3.51. The minimum absolute atomic E-state index is 0.0227. The Labute approximate surface area is 134 Å². The van der Waals surface area contributed by atoms with Crippen LogP contribution < -0.4 is 16.2 Å². The van der Waals surface area contributed by atoms with E-state index in [0.29, 0.717) is 6.04 Å². The highest BCUT2D eigenvalue weighted by molar-refractivity contribution is 6.80. The predicted molar refractivity (Wildman–Crippen MR) is 94.3 cm³/mol. The highest BCUT2D eigenvalue weighted by atomic mass is 16.4. The van der Waals surface area contributed by atoms with Gasteiger partial charge in [0.2, 0.25) is 0 Å². The molecule has 0 amide bonds. The van der Waals surface area contributed by atoms with E-state index in [4.69, 9.17) is 4.65 Å². The third-order valence-corrected chi connectivity index (χ3v) is 4.42. The van der Waals surface area contributed by atoms with Crippen molar-refractivity contribution in [2.24, 2.45) is 0 Å². The highest BCUT2D eigenvalue weighted by Gasteiger charge is 2.23. The summed E-state index contributed by atoms with van der Waals surface area (Å²) in [6, 6.07) is 19.9. The monoisotopic (exact) mass is 293 g/mol. The first kappa shape index (κ1) is 15.3. The van der Waals surface area contributed by atoms with Crippen LogP contribution >= 0.6 is 0 Å². The number of benzene rings is 2. The van der Waals surface area contributed by atoms with Crippen LogP contribution in [-0.4, -0.2) is 26.1 Å². The molecule has 1 N–H and O–H groups in total. The summed E-state index contributed by atoms with van der Waals surface area (Å²) in [5.41, 5.74) is 3.83. The molecule has 1 saturated heterocycles. The average molecular weight is 293 g/mol. The quantitative estimate of drug-likeness (QED) is 0.824. The topological polar surface area (TPSA) is 21.3 Å². The van der Waals surface area contributed by atoms with Crippen LogP contribution in [0.1, 0.15) is 25.3 Å². The Bertz CT molecular complexity index is 564. The summed E-state index contributed by atoms with van der Waals surface area (Å²) in [7, 11) is 0. The molecule has 0 radical (unpaired) electrons. The van der Waals surface area contributed by atoms with Crippen molar-refractivity contribution in [1.82, 2.24) is 5.32 Å². The van der Waals surface area contributed by atoms with Crippen molar-refractivity contribution in [2.45, 2.75) is 32.2 Å². The second-order valence-electron chi connectivity index (χ2n) is 6.01. The maximum absolute atomic E-state index is 6.31. The zero-order chi connectivity index (χ0) is 15.2. The molecule has 1 atom stereocenters. The molecular formula is C19H24BNO. The van der Waals surface area contributed by atoms with Crippen LogP contribution in [0.5, 0.6) is 0 Å². The van der Waals surface area contributed by atoms with Gasteiger partial charge in [0.15, 0.2) is 0 Å². The van der Waals surface area contributed by atoms with Crippen molar-refractivity contribution in [1.29, 1.82) is 0 Å². The Morgan fingerprint density at radius 3 is 2.41 bits per heavy atom. The van der Waals surface area contributed by atoms with Gasteiger partial charge in [-0.05, 0) is 42.3 Å². The number of hydrogen-bond donors (Lipinski definition) is 1. The van der Waals surface area contributed by atoms with Gasteiger partial charge in [-0.25, -0.2) is 0 Å². The van der Waals surface area contributed by atoms with Gasteiger partial charge in [-0.15, -0.1) is 0 Å². The molecule has 3 heteroatoms. The summed E-state index contributed by atoms with van der Waals surface area (Å²) in [6.07, 6.45) is 3.55. The summed E-state index contributed by atoms with van der Waals surface area (Å²) in [5.74, 6) is 0. The van der Waals surface area contributed by atoms with E-state index in [-0.39, 0.29) is 6.92 Å². The van der Waals surface area contributed by atoms with E-state index in [1.54, 1.807) is 0 Å². The molecule has 1 heterocycles. The van der Waals surface area contributed by atoms with Crippen molar-refractivity contribution in [2.75, 3.05) is 13.2 Å². The minimum atomic E-state index is 0.0227. The molecule has 0 aromatic heterocycles. The summed E-state index contributed by atoms with van der Waals surface area (Å²) in [4.78, 5) is 0. The molecule has 3 rings (SSSR count). The molecule has 0 aliphatic carbocycles. The minimum Gasteiger partial charge on any atom is -0.425 e. The molecule has 114 valence electrons. The van der Waals surface area contributed by atoms with Gasteiger partial charge in [0.25, 0.3) is 0 Å². The second kappa shape index (κ2) is 7.62. The van der Waals surface area contributed by atoms with E-state index in [0.717, 1.165) is 19.6 Å². The number of nitrogens with one attached hydrogen (secondary N) is 1. The Morgan fingerprint density at radius 1 is 1.05 bits per heavy atom. The summed E-state index contributed by atoms with van der Waals surface area (Å²) < 4.78 is 6.31. The summed E-state index contributed by atoms with van der Waals surface area (Å²) >= 11 is 0. The molecule has 1 aliphatic heterocycles. The van der Waals surface area contributed by atoms with Crippen LogP contribution in [0.3, 0.4) is 0 Å². The van der Waals surface area contributed by atoms with Crippen molar-refractivity contribution in [3.8, 4) is 0 Å². The Kier molecular flexibility index (Phi) is 5.31. The lowest BCUT2D eigenvalue weighted by molar-refractivity contribution is 0.288. The zero-order valence-electron chi connectivity index (χ0n) is 13.3. The molecule has 1 aliphatic rings. The lowest BCUT2D eigenvalue weighted by atomic mass is 9.55. The number of aryl methyl sites for hydroxylation is 1. The molecule has 2 aromatic carbocycles. The van der Waals surface area contributed by atoms with Crippen LogP contribution in [0.25, 0.3) is 0 Å². The van der Waals surface area contributed by atoms with Crippen LogP contribution in [0.2, 0.25) is 0 Å². The van der Waals surface area contributed by atoms with E-state index < -0.39 is 0 Å². The number of rotatable bonds is 6. The van der Waals surface area contributed by atoms with Gasteiger partial charge in [0.1, 0.15) is 0 Å². The van der Waals surface area contributed by atoms with Gasteiger partial charge in [-0.2, -0.15) is 0 Å². The first-order valence-electron chi connectivity index (χ1n) is 8.35. The largest absolute Gasteiger partial charge is 0.425 e. The lowest BCUT2D eigenvalue weighted by Crippen LogP contribution is -2.47. The zero-order valence-corrected chi connectivity index (χ0v) is 13.3. The second-order valence-corrected chi connectivity index (χ2v) is 6.01. The molecule has 0 saturated carbocycles. The van der Waals surface area contributed by atoms with Crippen molar-refractivity contribution < 1.29 is 4.65 Å². The smallest absolute Gasteiger partial charge is 0.361 e.